The summed E-state index contributed by atoms with van der Waals surface area (Å²) in [4.78, 5) is 43.5. The van der Waals surface area contributed by atoms with E-state index in [1.165, 1.54) is 83.5 Å². The first kappa shape index (κ1) is 65.4. The predicted molar refractivity (Wildman–Crippen MR) is 286 cm³/mol. The van der Waals surface area contributed by atoms with E-state index in [0.29, 0.717) is 38.5 Å². The number of carbonyl (C=O) groups is 3. The zero-order valence-electron chi connectivity index (χ0n) is 45.7. The first-order valence-electron chi connectivity index (χ1n) is 29.9. The molecule has 7 nitrogen and oxygen atoms in total. The minimum Gasteiger partial charge on any atom is -0.481 e. The lowest BCUT2D eigenvalue weighted by Crippen LogP contribution is -2.68. The van der Waals surface area contributed by atoms with Crippen LogP contribution in [0.3, 0.4) is 0 Å². The van der Waals surface area contributed by atoms with Crippen molar-refractivity contribution in [3.8, 4) is 0 Å². The van der Waals surface area contributed by atoms with Gasteiger partial charge in [-0.3, -0.25) is 9.59 Å². The Morgan fingerprint density at radius 3 is 0.761 bits per heavy atom. The Bertz CT molecular complexity index is 1090. The molecular weight excluding hydrogens is 833 g/mol. The van der Waals surface area contributed by atoms with Crippen LogP contribution in [0.15, 0.2) is 0 Å². The van der Waals surface area contributed by atoms with Crippen molar-refractivity contribution in [3.63, 3.8) is 0 Å². The third-order valence-corrected chi connectivity index (χ3v) is 15.6. The summed E-state index contributed by atoms with van der Waals surface area (Å²) in [5, 5.41) is 35.5. The highest BCUT2D eigenvalue weighted by atomic mass is 16.5. The van der Waals surface area contributed by atoms with Crippen molar-refractivity contribution < 1.29 is 34.4 Å². The van der Waals surface area contributed by atoms with E-state index in [-0.39, 0.29) is 0 Å². The van der Waals surface area contributed by atoms with Gasteiger partial charge in [-0.15, -0.1) is 0 Å². The molecule has 0 bridgehead atoms. The van der Waals surface area contributed by atoms with Gasteiger partial charge >= 0.3 is 17.9 Å². The van der Waals surface area contributed by atoms with Crippen molar-refractivity contribution in [2.24, 2.45) is 17.3 Å². The number of carboxylic acid groups (broad SMARTS) is 3. The maximum absolute atomic E-state index is 15.2. The van der Waals surface area contributed by atoms with E-state index in [9.17, 15) is 24.9 Å². The summed E-state index contributed by atoms with van der Waals surface area (Å²) in [7, 11) is 0. The largest absolute Gasteiger partial charge is 0.481 e. The highest BCUT2D eigenvalue weighted by Gasteiger charge is 2.70. The van der Waals surface area contributed by atoms with E-state index in [4.69, 9.17) is 4.74 Å². The molecule has 0 rings (SSSR count). The number of rotatable bonds is 54. The summed E-state index contributed by atoms with van der Waals surface area (Å²) in [6.45, 7) is 13.3. The molecule has 7 heteroatoms. The van der Waals surface area contributed by atoms with Crippen LogP contribution in [0.1, 0.15) is 337 Å². The SMILES string of the molecule is CCCCCCCCCC(CCCCCCCC)OC(CC(=O)O)(C(=O)O)C(C(=O)O)(C(CCCCCCCC)CCCCCCCCC)C(CCCCCCCC)CCCCCCCCC. The number of carboxylic acids is 3. The van der Waals surface area contributed by atoms with Crippen molar-refractivity contribution in [2.75, 3.05) is 0 Å². The van der Waals surface area contributed by atoms with Gasteiger partial charge in [0.25, 0.3) is 0 Å². The van der Waals surface area contributed by atoms with E-state index >= 15 is 4.79 Å². The smallest absolute Gasteiger partial charge is 0.337 e. The lowest BCUT2D eigenvalue weighted by atomic mass is 9.52. The molecule has 67 heavy (non-hydrogen) atoms. The molecule has 0 saturated carbocycles. The Hall–Kier alpha value is -1.63. The first-order chi connectivity index (χ1) is 32.6. The zero-order valence-corrected chi connectivity index (χ0v) is 45.7. The van der Waals surface area contributed by atoms with Gasteiger partial charge in [0.05, 0.1) is 12.5 Å². The van der Waals surface area contributed by atoms with Crippen LogP contribution in [0.4, 0.5) is 0 Å². The standard InChI is InChI=1S/C60H116O7/c1-7-13-19-25-31-36-42-48-53(46-40-34-28-22-16-10-4)60(58(65)66,54(47-41-35-29-23-17-11-5)49-43-37-32-26-20-14-8-2)59(57(63)64,52-56(61)62)67-55(50-44-38-30-24-18-12-6)51-45-39-33-27-21-15-9-3/h53-55H,7-52H2,1-6H3,(H,61,62)(H,63,64)(H,65,66). The van der Waals surface area contributed by atoms with E-state index in [1.54, 1.807) is 0 Å². The fourth-order valence-electron chi connectivity index (χ4n) is 11.6. The van der Waals surface area contributed by atoms with Crippen LogP contribution >= 0.6 is 0 Å². The van der Waals surface area contributed by atoms with Crippen molar-refractivity contribution in [1.29, 1.82) is 0 Å². The normalized spacial score (nSPS) is 15.0. The van der Waals surface area contributed by atoms with Gasteiger partial charge in [0.1, 0.15) is 5.41 Å². The Labute approximate surface area is 416 Å². The fourth-order valence-corrected chi connectivity index (χ4v) is 11.6. The maximum Gasteiger partial charge on any atom is 0.337 e. The first-order valence-corrected chi connectivity index (χ1v) is 29.9. The third-order valence-electron chi connectivity index (χ3n) is 15.6. The Kier molecular flexibility index (Phi) is 44.4. The van der Waals surface area contributed by atoms with Gasteiger partial charge in [-0.25, -0.2) is 4.79 Å². The number of ether oxygens (including phenoxy) is 1. The molecule has 0 aromatic carbocycles. The highest BCUT2D eigenvalue weighted by molar-refractivity contribution is 5.93. The molecule has 0 amide bonds. The average molecular weight is 950 g/mol. The Morgan fingerprint density at radius 1 is 0.328 bits per heavy atom. The molecule has 398 valence electrons. The topological polar surface area (TPSA) is 121 Å². The van der Waals surface area contributed by atoms with Crippen LogP contribution in [0.2, 0.25) is 0 Å². The second-order valence-electron chi connectivity index (χ2n) is 21.4. The molecule has 0 heterocycles. The lowest BCUT2D eigenvalue weighted by Gasteiger charge is -2.54. The zero-order chi connectivity index (χ0) is 49.7. The second kappa shape index (κ2) is 45.5. The molecular formula is C60H116O7. The van der Waals surface area contributed by atoms with Crippen molar-refractivity contribution in [3.05, 3.63) is 0 Å². The molecule has 0 spiro atoms. The van der Waals surface area contributed by atoms with Crippen LogP contribution in [0.25, 0.3) is 0 Å². The summed E-state index contributed by atoms with van der Waals surface area (Å²) >= 11 is 0. The third kappa shape index (κ3) is 29.3. The van der Waals surface area contributed by atoms with Gasteiger partial charge in [-0.2, -0.15) is 0 Å². The molecule has 0 aliphatic heterocycles. The Balaban J connectivity index is 7.90. The number of hydrogen-bond donors (Lipinski definition) is 3. The molecule has 0 saturated heterocycles. The summed E-state index contributed by atoms with van der Waals surface area (Å²) in [6, 6.07) is 0. The molecule has 3 N–H and O–H groups in total. The van der Waals surface area contributed by atoms with Gasteiger partial charge in [0.15, 0.2) is 5.60 Å². The monoisotopic (exact) mass is 949 g/mol. The van der Waals surface area contributed by atoms with Crippen LogP contribution < -0.4 is 0 Å². The summed E-state index contributed by atoms with van der Waals surface area (Å²) in [5.74, 6) is -4.78. The molecule has 4 atom stereocenters. The molecule has 0 aromatic rings. The minimum atomic E-state index is -2.40. The molecule has 4 unspecified atom stereocenters. The summed E-state index contributed by atoms with van der Waals surface area (Å²) in [5.41, 5.74) is -4.30. The van der Waals surface area contributed by atoms with E-state index in [1.807, 2.05) is 0 Å². The van der Waals surface area contributed by atoms with E-state index in [0.717, 1.165) is 167 Å². The number of aliphatic carboxylic acids is 3. The van der Waals surface area contributed by atoms with Gasteiger partial charge in [0.2, 0.25) is 0 Å². The second-order valence-corrected chi connectivity index (χ2v) is 21.4. The quantitative estimate of drug-likeness (QED) is 0.0519. The number of unbranched alkanes of at least 4 members (excludes halogenated alkanes) is 33. The highest BCUT2D eigenvalue weighted by Crippen LogP contribution is 2.57. The summed E-state index contributed by atoms with van der Waals surface area (Å²) in [6.07, 6.45) is 44.5. The maximum atomic E-state index is 15.2. The van der Waals surface area contributed by atoms with Crippen molar-refractivity contribution in [2.45, 2.75) is 349 Å². The van der Waals surface area contributed by atoms with Gasteiger partial charge < -0.3 is 20.1 Å². The number of hydrogen-bond acceptors (Lipinski definition) is 4. The van der Waals surface area contributed by atoms with Gasteiger partial charge in [-0.1, -0.05) is 292 Å². The fraction of sp³-hybridized carbons (Fsp3) is 0.950. The molecule has 0 radical (unpaired) electrons. The van der Waals surface area contributed by atoms with Gasteiger partial charge in [0, 0.05) is 0 Å². The average Bonchev–Trinajstić information content (AvgIpc) is 3.30. The predicted octanol–water partition coefficient (Wildman–Crippen LogP) is 19.6. The molecule has 0 aliphatic rings. The van der Waals surface area contributed by atoms with Crippen LogP contribution in [0, 0.1) is 17.3 Å². The summed E-state index contributed by atoms with van der Waals surface area (Å²) < 4.78 is 7.27. The van der Waals surface area contributed by atoms with E-state index < -0.39 is 53.3 Å². The minimum absolute atomic E-state index is 0.509. The Morgan fingerprint density at radius 2 is 0.552 bits per heavy atom. The van der Waals surface area contributed by atoms with Gasteiger partial charge in [-0.05, 0) is 50.4 Å². The molecule has 0 aromatic heterocycles. The van der Waals surface area contributed by atoms with Crippen LogP contribution in [-0.4, -0.2) is 44.9 Å². The van der Waals surface area contributed by atoms with Crippen molar-refractivity contribution in [1.82, 2.24) is 0 Å². The molecule has 0 aliphatic carbocycles. The van der Waals surface area contributed by atoms with E-state index in [2.05, 4.69) is 41.5 Å². The van der Waals surface area contributed by atoms with Crippen molar-refractivity contribution >= 4 is 17.9 Å². The van der Waals surface area contributed by atoms with Crippen LogP contribution in [0.5, 0.6) is 0 Å². The lowest BCUT2D eigenvalue weighted by molar-refractivity contribution is -0.238. The van der Waals surface area contributed by atoms with Crippen LogP contribution in [-0.2, 0) is 19.1 Å². The molecule has 0 fully saturated rings.